The Kier molecular flexibility index (Phi) is 5.28. The van der Waals surface area contributed by atoms with Gasteiger partial charge in [-0.15, -0.1) is 5.06 Å². The lowest BCUT2D eigenvalue weighted by atomic mass is 9.89. The number of aryl methyl sites for hydroxylation is 2. The summed E-state index contributed by atoms with van der Waals surface area (Å²) in [6, 6.07) is 15.7. The van der Waals surface area contributed by atoms with Crippen molar-refractivity contribution in [2.75, 3.05) is 0 Å². The lowest BCUT2D eigenvalue weighted by Gasteiger charge is -2.17. The van der Waals surface area contributed by atoms with E-state index < -0.39 is 23.8 Å². The van der Waals surface area contributed by atoms with E-state index in [1.807, 2.05) is 18.2 Å². The zero-order valence-corrected chi connectivity index (χ0v) is 19.0. The highest BCUT2D eigenvalue weighted by atomic mass is 16.7. The van der Waals surface area contributed by atoms with Crippen LogP contribution in [0.3, 0.4) is 0 Å². The fourth-order valence-electron chi connectivity index (χ4n) is 4.67. The van der Waals surface area contributed by atoms with Gasteiger partial charge in [0.2, 0.25) is 0 Å². The van der Waals surface area contributed by atoms with Gasteiger partial charge in [-0.25, -0.2) is 14.6 Å². The summed E-state index contributed by atoms with van der Waals surface area (Å²) in [5, 5.41) is 11.7. The molecule has 4 aromatic rings. The topological polar surface area (TPSA) is 114 Å². The van der Waals surface area contributed by atoms with Crippen LogP contribution in [0.15, 0.2) is 54.6 Å². The number of carbonyl (C=O) groups is 4. The molecule has 1 N–H and O–H groups in total. The van der Waals surface area contributed by atoms with E-state index in [1.165, 1.54) is 0 Å². The van der Waals surface area contributed by atoms with Crippen molar-refractivity contribution >= 4 is 45.6 Å². The van der Waals surface area contributed by atoms with Crippen LogP contribution >= 0.6 is 0 Å². The molecule has 0 saturated carbocycles. The van der Waals surface area contributed by atoms with Crippen LogP contribution in [0.25, 0.3) is 32.9 Å². The molecule has 5 rings (SSSR count). The van der Waals surface area contributed by atoms with Gasteiger partial charge in [-0.1, -0.05) is 30.3 Å². The maximum absolute atomic E-state index is 12.7. The average Bonchev–Trinajstić information content (AvgIpc) is 3.14. The summed E-state index contributed by atoms with van der Waals surface area (Å²) >= 11 is 0. The number of hydrogen-bond donors (Lipinski definition) is 1. The highest BCUT2D eigenvalue weighted by Crippen LogP contribution is 2.37. The van der Waals surface area contributed by atoms with E-state index in [9.17, 15) is 24.3 Å². The fraction of sp³-hybridized carbons (Fsp3) is 0.148. The van der Waals surface area contributed by atoms with Gasteiger partial charge in [0.05, 0.1) is 22.2 Å². The summed E-state index contributed by atoms with van der Waals surface area (Å²) in [7, 11) is 0. The number of hydroxylamine groups is 2. The van der Waals surface area contributed by atoms with Gasteiger partial charge in [-0.3, -0.25) is 9.59 Å². The Morgan fingerprint density at radius 2 is 1.54 bits per heavy atom. The second-order valence-corrected chi connectivity index (χ2v) is 8.45. The molecule has 0 unspecified atom stereocenters. The van der Waals surface area contributed by atoms with Crippen molar-refractivity contribution in [3.8, 4) is 11.1 Å². The minimum atomic E-state index is -1.06. The van der Waals surface area contributed by atoms with Crippen molar-refractivity contribution in [1.82, 2.24) is 10.0 Å². The molecule has 1 saturated heterocycles. The second kappa shape index (κ2) is 8.32. The number of rotatable bonds is 4. The summed E-state index contributed by atoms with van der Waals surface area (Å²) in [4.78, 5) is 58.4. The largest absolute Gasteiger partial charge is 0.478 e. The van der Waals surface area contributed by atoms with E-state index >= 15 is 0 Å². The maximum atomic E-state index is 12.7. The molecule has 3 aromatic carbocycles. The Morgan fingerprint density at radius 3 is 2.20 bits per heavy atom. The third-order valence-electron chi connectivity index (χ3n) is 6.14. The van der Waals surface area contributed by atoms with Crippen molar-refractivity contribution < 1.29 is 29.1 Å². The molecule has 8 nitrogen and oxygen atoms in total. The monoisotopic (exact) mass is 468 g/mol. The van der Waals surface area contributed by atoms with E-state index in [1.54, 1.807) is 50.2 Å². The number of hydrogen-bond acceptors (Lipinski definition) is 6. The lowest BCUT2D eigenvalue weighted by Crippen LogP contribution is -2.32. The summed E-state index contributed by atoms with van der Waals surface area (Å²) in [6.45, 7) is 3.61. The predicted octanol–water partition coefficient (Wildman–Crippen LogP) is 4.59. The first-order chi connectivity index (χ1) is 16.8. The molecule has 0 bridgehead atoms. The Labute approximate surface area is 199 Å². The van der Waals surface area contributed by atoms with Crippen LogP contribution in [0.1, 0.15) is 44.7 Å². The second-order valence-electron chi connectivity index (χ2n) is 8.45. The number of aromatic carboxylic acids is 1. The molecule has 0 atom stereocenters. The number of amides is 2. The van der Waals surface area contributed by atoms with Crippen molar-refractivity contribution in [3.63, 3.8) is 0 Å². The number of carboxylic acids is 1. The maximum Gasteiger partial charge on any atom is 0.363 e. The van der Waals surface area contributed by atoms with Crippen molar-refractivity contribution in [1.29, 1.82) is 0 Å². The first-order valence-corrected chi connectivity index (χ1v) is 11.0. The van der Waals surface area contributed by atoms with E-state index in [4.69, 9.17) is 4.84 Å². The van der Waals surface area contributed by atoms with Crippen LogP contribution in [0.2, 0.25) is 0 Å². The van der Waals surface area contributed by atoms with Gasteiger partial charge in [0, 0.05) is 23.6 Å². The van der Waals surface area contributed by atoms with Crippen LogP contribution in [0, 0.1) is 13.8 Å². The number of aromatic nitrogens is 1. The first kappa shape index (κ1) is 22.2. The highest BCUT2D eigenvalue weighted by Gasteiger charge is 2.33. The Hall–Kier alpha value is -4.59. The first-order valence-electron chi connectivity index (χ1n) is 11.0. The van der Waals surface area contributed by atoms with Crippen molar-refractivity contribution in [3.05, 3.63) is 76.9 Å². The molecule has 2 amide bonds. The molecule has 0 radical (unpaired) electrons. The van der Waals surface area contributed by atoms with Crippen LogP contribution in [0.5, 0.6) is 0 Å². The van der Waals surface area contributed by atoms with Crippen LogP contribution in [-0.2, 0) is 14.4 Å². The molecule has 174 valence electrons. The van der Waals surface area contributed by atoms with Crippen molar-refractivity contribution in [2.45, 2.75) is 26.7 Å². The number of carboxylic acid groups (broad SMARTS) is 1. The molecule has 35 heavy (non-hydrogen) atoms. The van der Waals surface area contributed by atoms with E-state index in [0.29, 0.717) is 43.6 Å². The SMILES string of the molecule is Cc1cc(C(=O)ON2C(=O)CCC2=O)cc(C)c1-c1cccc2nc3ccccc3c(C(=O)O)c12. The van der Waals surface area contributed by atoms with Gasteiger partial charge in [0.25, 0.3) is 11.8 Å². The number of pyridine rings is 1. The summed E-state index contributed by atoms with van der Waals surface area (Å²) in [6.07, 6.45) is 0.0254. The van der Waals surface area contributed by atoms with Gasteiger partial charge < -0.3 is 9.94 Å². The number of para-hydroxylation sites is 1. The van der Waals surface area contributed by atoms with E-state index in [-0.39, 0.29) is 24.0 Å². The Balaban J connectivity index is 1.66. The third kappa shape index (κ3) is 3.69. The van der Waals surface area contributed by atoms with E-state index in [2.05, 4.69) is 4.98 Å². The lowest BCUT2D eigenvalue weighted by molar-refractivity contribution is -0.172. The number of fused-ring (bicyclic) bond motifs is 2. The molecule has 8 heteroatoms. The highest BCUT2D eigenvalue weighted by molar-refractivity contribution is 6.18. The number of carbonyl (C=O) groups excluding carboxylic acids is 3. The quantitative estimate of drug-likeness (QED) is 0.344. The molecular weight excluding hydrogens is 448 g/mol. The summed E-state index contributed by atoms with van der Waals surface area (Å²) < 4.78 is 0. The Bertz CT molecular complexity index is 1550. The third-order valence-corrected chi connectivity index (χ3v) is 6.14. The van der Waals surface area contributed by atoms with Crippen LogP contribution in [0.4, 0.5) is 0 Å². The van der Waals surface area contributed by atoms with Gasteiger partial charge >= 0.3 is 11.9 Å². The molecule has 1 aliphatic heterocycles. The molecular formula is C27H20N2O6. The fourth-order valence-corrected chi connectivity index (χ4v) is 4.67. The standard InChI is InChI=1S/C27H20N2O6/c1-14-12-16(27(34)35-29-21(30)10-11-22(29)31)13-15(2)23(14)18-7-5-9-20-24(18)25(26(32)33)17-6-3-4-8-19(17)28-20/h3-9,12-13H,10-11H2,1-2H3,(H,32,33). The molecule has 1 aromatic heterocycles. The average molecular weight is 468 g/mol. The number of benzene rings is 3. The van der Waals surface area contributed by atoms with Gasteiger partial charge in [-0.05, 0) is 60.4 Å². The minimum absolute atomic E-state index is 0.0127. The van der Waals surface area contributed by atoms with Gasteiger partial charge in [-0.2, -0.15) is 0 Å². The minimum Gasteiger partial charge on any atom is -0.478 e. The normalized spacial score (nSPS) is 13.6. The predicted molar refractivity (Wildman–Crippen MR) is 128 cm³/mol. The Morgan fingerprint density at radius 1 is 0.914 bits per heavy atom. The van der Waals surface area contributed by atoms with Crippen LogP contribution in [-0.4, -0.2) is 38.9 Å². The summed E-state index contributed by atoms with van der Waals surface area (Å²) in [5.41, 5.74) is 4.33. The number of imide groups is 1. The van der Waals surface area contributed by atoms with Crippen molar-refractivity contribution in [2.24, 2.45) is 0 Å². The zero-order valence-electron chi connectivity index (χ0n) is 19.0. The molecule has 0 spiro atoms. The zero-order chi connectivity index (χ0) is 24.9. The summed E-state index contributed by atoms with van der Waals surface area (Å²) in [5.74, 6) is -2.98. The van der Waals surface area contributed by atoms with Gasteiger partial charge in [0.15, 0.2) is 0 Å². The van der Waals surface area contributed by atoms with Crippen LogP contribution < -0.4 is 0 Å². The molecule has 0 aliphatic carbocycles. The van der Waals surface area contributed by atoms with Gasteiger partial charge in [0.1, 0.15) is 0 Å². The number of nitrogens with zero attached hydrogens (tertiary/aromatic N) is 2. The molecule has 1 fully saturated rings. The smallest absolute Gasteiger partial charge is 0.363 e. The van der Waals surface area contributed by atoms with E-state index in [0.717, 1.165) is 5.56 Å². The molecule has 2 heterocycles. The molecule has 1 aliphatic rings.